The highest BCUT2D eigenvalue weighted by molar-refractivity contribution is 5.75. The molecule has 1 unspecified atom stereocenters. The van der Waals surface area contributed by atoms with Crippen LogP contribution in [-0.2, 0) is 14.3 Å². The van der Waals surface area contributed by atoms with E-state index >= 15 is 0 Å². The van der Waals surface area contributed by atoms with Gasteiger partial charge in [-0.3, -0.25) is 4.79 Å². The molecule has 1 atom stereocenters. The molecule has 0 heterocycles. The molecule has 0 aromatic heterocycles. The average Bonchev–Trinajstić information content (AvgIpc) is 2.38. The Labute approximate surface area is 113 Å². The minimum Gasteiger partial charge on any atom is -0.481 e. The van der Waals surface area contributed by atoms with Crippen molar-refractivity contribution in [2.45, 2.75) is 19.8 Å². The molecule has 0 fully saturated rings. The van der Waals surface area contributed by atoms with Gasteiger partial charge in [-0.25, -0.2) is 4.79 Å². The van der Waals surface area contributed by atoms with Crippen molar-refractivity contribution >= 4 is 12.0 Å². The summed E-state index contributed by atoms with van der Waals surface area (Å²) in [6.07, 6.45) is 1.19. The van der Waals surface area contributed by atoms with E-state index in [1.165, 1.54) is 0 Å². The second-order valence-electron chi connectivity index (χ2n) is 4.04. The van der Waals surface area contributed by atoms with Crippen LogP contribution in [0.4, 0.5) is 4.79 Å². The van der Waals surface area contributed by atoms with E-state index in [4.69, 9.17) is 14.6 Å². The predicted octanol–water partition coefficient (Wildman–Crippen LogP) is 0.450. The number of amides is 2. The highest BCUT2D eigenvalue weighted by Crippen LogP contribution is 1.99. The van der Waals surface area contributed by atoms with Gasteiger partial charge in [-0.2, -0.15) is 0 Å². The third-order valence-corrected chi connectivity index (χ3v) is 2.53. The number of hydrogen-bond donors (Lipinski definition) is 3. The molecule has 19 heavy (non-hydrogen) atoms. The Bertz CT molecular complexity index is 261. The van der Waals surface area contributed by atoms with Gasteiger partial charge in [0.2, 0.25) is 0 Å². The number of aliphatic carboxylic acids is 1. The maximum absolute atomic E-state index is 11.3. The van der Waals surface area contributed by atoms with Gasteiger partial charge >= 0.3 is 12.0 Å². The quantitative estimate of drug-likeness (QED) is 0.476. The number of carbonyl (C=O) groups is 2. The van der Waals surface area contributed by atoms with Gasteiger partial charge in [0.1, 0.15) is 0 Å². The molecule has 0 radical (unpaired) electrons. The van der Waals surface area contributed by atoms with Crippen LogP contribution >= 0.6 is 0 Å². The summed E-state index contributed by atoms with van der Waals surface area (Å²) in [6, 6.07) is -0.350. The molecule has 3 N–H and O–H groups in total. The largest absolute Gasteiger partial charge is 0.481 e. The molecule has 0 saturated carbocycles. The smallest absolute Gasteiger partial charge is 0.314 e. The monoisotopic (exact) mass is 276 g/mol. The number of methoxy groups -OCH3 is 1. The number of carbonyl (C=O) groups excluding carboxylic acids is 1. The SMILES string of the molecule is CCC(CNC(=O)NCCCOCCOC)C(=O)O. The third-order valence-electron chi connectivity index (χ3n) is 2.53. The van der Waals surface area contributed by atoms with E-state index in [-0.39, 0.29) is 12.6 Å². The Morgan fingerprint density at radius 2 is 1.95 bits per heavy atom. The zero-order valence-corrected chi connectivity index (χ0v) is 11.6. The number of carboxylic acids is 1. The summed E-state index contributed by atoms with van der Waals surface area (Å²) in [5, 5.41) is 14.0. The molecule has 0 aromatic rings. The van der Waals surface area contributed by atoms with Crippen LogP contribution in [0.1, 0.15) is 19.8 Å². The first-order valence-electron chi connectivity index (χ1n) is 6.43. The molecular formula is C12H24N2O5. The van der Waals surface area contributed by atoms with E-state index in [2.05, 4.69) is 10.6 Å². The lowest BCUT2D eigenvalue weighted by Crippen LogP contribution is -2.40. The maximum Gasteiger partial charge on any atom is 0.314 e. The van der Waals surface area contributed by atoms with Crippen molar-refractivity contribution in [3.63, 3.8) is 0 Å². The Morgan fingerprint density at radius 1 is 1.21 bits per heavy atom. The van der Waals surface area contributed by atoms with E-state index in [1.807, 2.05) is 0 Å². The van der Waals surface area contributed by atoms with Gasteiger partial charge in [0.05, 0.1) is 19.1 Å². The third kappa shape index (κ3) is 10.3. The Morgan fingerprint density at radius 3 is 2.53 bits per heavy atom. The highest BCUT2D eigenvalue weighted by atomic mass is 16.5. The van der Waals surface area contributed by atoms with Crippen molar-refractivity contribution in [3.8, 4) is 0 Å². The van der Waals surface area contributed by atoms with Crippen LogP contribution in [0.25, 0.3) is 0 Å². The van der Waals surface area contributed by atoms with E-state index in [9.17, 15) is 9.59 Å². The van der Waals surface area contributed by atoms with Crippen LogP contribution in [-0.4, -0.2) is 57.1 Å². The first kappa shape index (κ1) is 17.7. The fourth-order valence-electron chi connectivity index (χ4n) is 1.31. The fourth-order valence-corrected chi connectivity index (χ4v) is 1.31. The van der Waals surface area contributed by atoms with E-state index < -0.39 is 11.9 Å². The standard InChI is InChI=1S/C12H24N2O5/c1-3-10(11(15)16)9-14-12(17)13-5-4-6-19-8-7-18-2/h10H,3-9H2,1-2H3,(H,15,16)(H2,13,14,17). The van der Waals surface area contributed by atoms with Crippen molar-refractivity contribution in [1.29, 1.82) is 0 Å². The normalized spacial score (nSPS) is 11.9. The van der Waals surface area contributed by atoms with Crippen molar-refractivity contribution in [1.82, 2.24) is 10.6 Å². The zero-order valence-electron chi connectivity index (χ0n) is 11.6. The van der Waals surface area contributed by atoms with Gasteiger partial charge in [-0.1, -0.05) is 6.92 Å². The van der Waals surface area contributed by atoms with E-state index in [1.54, 1.807) is 14.0 Å². The first-order valence-corrected chi connectivity index (χ1v) is 6.43. The highest BCUT2D eigenvalue weighted by Gasteiger charge is 2.15. The van der Waals surface area contributed by atoms with E-state index in [0.717, 1.165) is 0 Å². The lowest BCUT2D eigenvalue weighted by Gasteiger charge is -2.12. The van der Waals surface area contributed by atoms with Gasteiger partial charge in [0, 0.05) is 26.8 Å². The molecule has 0 aliphatic carbocycles. The van der Waals surface area contributed by atoms with Crippen LogP contribution in [0, 0.1) is 5.92 Å². The van der Waals surface area contributed by atoms with Gasteiger partial charge < -0.3 is 25.2 Å². The molecule has 0 saturated heterocycles. The second kappa shape index (κ2) is 11.7. The number of nitrogens with one attached hydrogen (secondary N) is 2. The van der Waals surface area contributed by atoms with E-state index in [0.29, 0.717) is 39.2 Å². The van der Waals surface area contributed by atoms with Crippen LogP contribution in [0.2, 0.25) is 0 Å². The first-order chi connectivity index (χ1) is 9.11. The summed E-state index contributed by atoms with van der Waals surface area (Å²) in [5.74, 6) is -1.43. The van der Waals surface area contributed by atoms with Crippen LogP contribution in [0.15, 0.2) is 0 Å². The average molecular weight is 276 g/mol. The summed E-state index contributed by atoms with van der Waals surface area (Å²) < 4.78 is 10.0. The molecule has 0 aromatic carbocycles. The van der Waals surface area contributed by atoms with Crippen molar-refractivity contribution in [3.05, 3.63) is 0 Å². The lowest BCUT2D eigenvalue weighted by molar-refractivity contribution is -0.141. The summed E-state index contributed by atoms with van der Waals surface area (Å²) in [4.78, 5) is 22.1. The van der Waals surface area contributed by atoms with Crippen molar-refractivity contribution in [2.75, 3.05) is 40.0 Å². The van der Waals surface area contributed by atoms with Gasteiger partial charge in [-0.15, -0.1) is 0 Å². The summed E-state index contributed by atoms with van der Waals surface area (Å²) >= 11 is 0. The van der Waals surface area contributed by atoms with Crippen LogP contribution in [0.5, 0.6) is 0 Å². The van der Waals surface area contributed by atoms with Gasteiger partial charge in [0.25, 0.3) is 0 Å². The van der Waals surface area contributed by atoms with Gasteiger partial charge in [-0.05, 0) is 12.8 Å². The molecule has 7 nitrogen and oxygen atoms in total. The van der Waals surface area contributed by atoms with Gasteiger partial charge in [0.15, 0.2) is 0 Å². The van der Waals surface area contributed by atoms with Crippen LogP contribution in [0.3, 0.4) is 0 Å². The minimum absolute atomic E-state index is 0.141. The molecule has 0 rings (SSSR count). The lowest BCUT2D eigenvalue weighted by atomic mass is 10.1. The Kier molecular flexibility index (Phi) is 10.9. The summed E-state index contributed by atoms with van der Waals surface area (Å²) in [5.41, 5.74) is 0. The molecule has 7 heteroatoms. The minimum atomic E-state index is -0.894. The topological polar surface area (TPSA) is 96.9 Å². The van der Waals surface area contributed by atoms with Crippen LogP contribution < -0.4 is 10.6 Å². The van der Waals surface area contributed by atoms with Crippen molar-refractivity contribution in [2.24, 2.45) is 5.92 Å². The Hall–Kier alpha value is -1.34. The maximum atomic E-state index is 11.3. The van der Waals surface area contributed by atoms with Crippen molar-refractivity contribution < 1.29 is 24.2 Å². The fraction of sp³-hybridized carbons (Fsp3) is 0.833. The second-order valence-corrected chi connectivity index (χ2v) is 4.04. The molecule has 0 spiro atoms. The number of urea groups is 1. The summed E-state index contributed by atoms with van der Waals surface area (Å²) in [7, 11) is 1.61. The molecule has 0 aliphatic heterocycles. The number of carboxylic acid groups (broad SMARTS) is 1. The number of hydrogen-bond acceptors (Lipinski definition) is 4. The zero-order chi connectivity index (χ0) is 14.5. The molecule has 2 amide bonds. The Balaban J connectivity index is 3.46. The number of ether oxygens (including phenoxy) is 2. The molecular weight excluding hydrogens is 252 g/mol. The predicted molar refractivity (Wildman–Crippen MR) is 70.1 cm³/mol. The summed E-state index contributed by atoms with van der Waals surface area (Å²) in [6.45, 7) is 4.05. The molecule has 0 bridgehead atoms. The molecule has 112 valence electrons. The molecule has 0 aliphatic rings. The number of rotatable bonds is 11.